The van der Waals surface area contributed by atoms with E-state index in [9.17, 15) is 9.59 Å². The fourth-order valence-corrected chi connectivity index (χ4v) is 2.38. The van der Waals surface area contributed by atoms with Crippen molar-refractivity contribution < 1.29 is 14.3 Å². The van der Waals surface area contributed by atoms with Crippen LogP contribution in [0.3, 0.4) is 0 Å². The SMILES string of the molecule is CCc1ccccc1NC(=O)CCNC(=O)c1ccccc1OC. The highest BCUT2D eigenvalue weighted by molar-refractivity contribution is 5.97. The molecule has 2 aromatic carbocycles. The number of benzene rings is 2. The van der Waals surface area contributed by atoms with Crippen LogP contribution in [0.1, 0.15) is 29.3 Å². The Morgan fingerprint density at radius 2 is 1.75 bits per heavy atom. The van der Waals surface area contributed by atoms with Gasteiger partial charge in [-0.3, -0.25) is 9.59 Å². The van der Waals surface area contributed by atoms with Crippen molar-refractivity contribution in [3.8, 4) is 5.75 Å². The molecule has 5 heteroatoms. The predicted octanol–water partition coefficient (Wildman–Crippen LogP) is 3.02. The average molecular weight is 326 g/mol. The van der Waals surface area contributed by atoms with Crippen molar-refractivity contribution in [2.24, 2.45) is 0 Å². The first-order valence-corrected chi connectivity index (χ1v) is 7.94. The van der Waals surface area contributed by atoms with E-state index in [2.05, 4.69) is 10.6 Å². The lowest BCUT2D eigenvalue weighted by Gasteiger charge is -2.11. The molecule has 2 N–H and O–H groups in total. The van der Waals surface area contributed by atoms with Gasteiger partial charge >= 0.3 is 0 Å². The summed E-state index contributed by atoms with van der Waals surface area (Å²) in [6.45, 7) is 2.30. The van der Waals surface area contributed by atoms with Crippen molar-refractivity contribution in [1.29, 1.82) is 0 Å². The number of aryl methyl sites for hydroxylation is 1. The third kappa shape index (κ3) is 4.59. The summed E-state index contributed by atoms with van der Waals surface area (Å²) in [5.41, 5.74) is 2.36. The molecule has 0 aromatic heterocycles. The molecule has 2 amide bonds. The number of para-hydroxylation sites is 2. The molecule has 0 fully saturated rings. The van der Waals surface area contributed by atoms with Gasteiger partial charge in [0.25, 0.3) is 5.91 Å². The molecule has 0 spiro atoms. The summed E-state index contributed by atoms with van der Waals surface area (Å²) in [4.78, 5) is 24.2. The van der Waals surface area contributed by atoms with Crippen LogP contribution in [0, 0.1) is 0 Å². The van der Waals surface area contributed by atoms with E-state index in [1.807, 2.05) is 31.2 Å². The van der Waals surface area contributed by atoms with E-state index < -0.39 is 0 Å². The standard InChI is InChI=1S/C19H22N2O3/c1-3-14-8-4-6-10-16(14)21-18(22)12-13-20-19(23)15-9-5-7-11-17(15)24-2/h4-11H,3,12-13H2,1-2H3,(H,20,23)(H,21,22). The van der Waals surface area contributed by atoms with Crippen molar-refractivity contribution in [2.45, 2.75) is 19.8 Å². The van der Waals surface area contributed by atoms with Gasteiger partial charge in [-0.05, 0) is 30.2 Å². The molecule has 126 valence electrons. The van der Waals surface area contributed by atoms with Gasteiger partial charge in [0, 0.05) is 18.7 Å². The lowest BCUT2D eigenvalue weighted by atomic mass is 10.1. The minimum atomic E-state index is -0.255. The smallest absolute Gasteiger partial charge is 0.255 e. The number of hydrogen-bond donors (Lipinski definition) is 2. The van der Waals surface area contributed by atoms with Crippen molar-refractivity contribution in [3.05, 3.63) is 59.7 Å². The first-order chi connectivity index (χ1) is 11.7. The van der Waals surface area contributed by atoms with Crippen LogP contribution in [0.5, 0.6) is 5.75 Å². The Kier molecular flexibility index (Phi) is 6.37. The number of nitrogens with one attached hydrogen (secondary N) is 2. The molecule has 0 heterocycles. The van der Waals surface area contributed by atoms with Crippen LogP contribution in [0.2, 0.25) is 0 Å². The number of amides is 2. The highest BCUT2D eigenvalue weighted by Gasteiger charge is 2.12. The van der Waals surface area contributed by atoms with Gasteiger partial charge < -0.3 is 15.4 Å². The third-order valence-electron chi connectivity index (χ3n) is 3.66. The molecule has 0 radical (unpaired) electrons. The first-order valence-electron chi connectivity index (χ1n) is 7.94. The molecule has 0 aliphatic rings. The number of methoxy groups -OCH3 is 1. The fourth-order valence-electron chi connectivity index (χ4n) is 2.38. The van der Waals surface area contributed by atoms with Crippen LogP contribution in [-0.4, -0.2) is 25.5 Å². The Balaban J connectivity index is 1.85. The normalized spacial score (nSPS) is 10.1. The van der Waals surface area contributed by atoms with E-state index in [4.69, 9.17) is 4.74 Å². The number of carbonyl (C=O) groups is 2. The molecule has 0 bridgehead atoms. The molecule has 0 aliphatic heterocycles. The Labute approximate surface area is 142 Å². The summed E-state index contributed by atoms with van der Waals surface area (Å²) < 4.78 is 5.16. The van der Waals surface area contributed by atoms with Gasteiger partial charge in [0.05, 0.1) is 12.7 Å². The van der Waals surface area contributed by atoms with Crippen molar-refractivity contribution >= 4 is 17.5 Å². The highest BCUT2D eigenvalue weighted by atomic mass is 16.5. The summed E-state index contributed by atoms with van der Waals surface area (Å²) in [5.74, 6) is 0.127. The molecule has 2 aromatic rings. The summed E-state index contributed by atoms with van der Waals surface area (Å²) in [6.07, 6.45) is 1.06. The summed E-state index contributed by atoms with van der Waals surface area (Å²) >= 11 is 0. The maximum Gasteiger partial charge on any atom is 0.255 e. The van der Waals surface area contributed by atoms with Gasteiger partial charge in [0.1, 0.15) is 5.75 Å². The zero-order chi connectivity index (χ0) is 17.4. The number of rotatable bonds is 7. The first kappa shape index (κ1) is 17.5. The van der Waals surface area contributed by atoms with Crippen molar-refractivity contribution in [1.82, 2.24) is 5.32 Å². The summed E-state index contributed by atoms with van der Waals surface area (Å²) in [5, 5.41) is 5.62. The zero-order valence-corrected chi connectivity index (χ0v) is 14.0. The summed E-state index contributed by atoms with van der Waals surface area (Å²) in [6, 6.07) is 14.7. The third-order valence-corrected chi connectivity index (χ3v) is 3.66. The van der Waals surface area contributed by atoms with Gasteiger partial charge in [0.2, 0.25) is 5.91 Å². The Morgan fingerprint density at radius 3 is 2.50 bits per heavy atom. The largest absolute Gasteiger partial charge is 0.496 e. The van der Waals surface area contributed by atoms with Gasteiger partial charge in [-0.15, -0.1) is 0 Å². The van der Waals surface area contributed by atoms with Crippen LogP contribution in [0.25, 0.3) is 0 Å². The lowest BCUT2D eigenvalue weighted by Crippen LogP contribution is -2.28. The van der Waals surface area contributed by atoms with E-state index >= 15 is 0 Å². The number of carbonyl (C=O) groups excluding carboxylic acids is 2. The molecular formula is C19H22N2O3. The quantitative estimate of drug-likeness (QED) is 0.822. The van der Waals surface area contributed by atoms with Crippen LogP contribution in [0.4, 0.5) is 5.69 Å². The molecule has 5 nitrogen and oxygen atoms in total. The zero-order valence-electron chi connectivity index (χ0n) is 14.0. The minimum Gasteiger partial charge on any atom is -0.496 e. The van der Waals surface area contributed by atoms with E-state index in [0.717, 1.165) is 17.7 Å². The maximum atomic E-state index is 12.1. The highest BCUT2D eigenvalue weighted by Crippen LogP contribution is 2.17. The predicted molar refractivity (Wildman–Crippen MR) is 94.4 cm³/mol. The van der Waals surface area contributed by atoms with Crippen molar-refractivity contribution in [2.75, 3.05) is 19.0 Å². The Hall–Kier alpha value is -2.82. The van der Waals surface area contributed by atoms with E-state index in [0.29, 0.717) is 11.3 Å². The molecule has 0 unspecified atom stereocenters. The number of hydrogen-bond acceptors (Lipinski definition) is 3. The molecule has 0 saturated carbocycles. The molecule has 2 rings (SSSR count). The second kappa shape index (κ2) is 8.72. The van der Waals surface area contributed by atoms with E-state index in [1.165, 1.54) is 7.11 Å². The van der Waals surface area contributed by atoms with E-state index in [-0.39, 0.29) is 24.8 Å². The van der Waals surface area contributed by atoms with Crippen LogP contribution >= 0.6 is 0 Å². The molecular weight excluding hydrogens is 304 g/mol. The van der Waals surface area contributed by atoms with Gasteiger partial charge in [-0.2, -0.15) is 0 Å². The molecule has 0 aliphatic carbocycles. The van der Waals surface area contributed by atoms with Gasteiger partial charge in [0.15, 0.2) is 0 Å². The summed E-state index contributed by atoms with van der Waals surface area (Å²) in [7, 11) is 1.52. The fraction of sp³-hybridized carbons (Fsp3) is 0.263. The topological polar surface area (TPSA) is 67.4 Å². The van der Waals surface area contributed by atoms with Crippen molar-refractivity contribution in [3.63, 3.8) is 0 Å². The monoisotopic (exact) mass is 326 g/mol. The molecule has 0 atom stereocenters. The van der Waals surface area contributed by atoms with Crippen LogP contribution in [-0.2, 0) is 11.2 Å². The van der Waals surface area contributed by atoms with Crippen LogP contribution < -0.4 is 15.4 Å². The average Bonchev–Trinajstić information content (AvgIpc) is 2.62. The Bertz CT molecular complexity index is 713. The minimum absolute atomic E-state index is 0.128. The number of ether oxygens (including phenoxy) is 1. The van der Waals surface area contributed by atoms with Crippen LogP contribution in [0.15, 0.2) is 48.5 Å². The molecule has 0 saturated heterocycles. The van der Waals surface area contributed by atoms with Gasteiger partial charge in [-0.1, -0.05) is 37.3 Å². The van der Waals surface area contributed by atoms with Gasteiger partial charge in [-0.25, -0.2) is 0 Å². The lowest BCUT2D eigenvalue weighted by molar-refractivity contribution is -0.116. The molecule has 24 heavy (non-hydrogen) atoms. The van der Waals surface area contributed by atoms with E-state index in [1.54, 1.807) is 24.3 Å². The maximum absolute atomic E-state index is 12.1. The Morgan fingerprint density at radius 1 is 1.04 bits per heavy atom. The second-order valence-corrected chi connectivity index (χ2v) is 5.27. The second-order valence-electron chi connectivity index (χ2n) is 5.27. The number of anilines is 1.